The third kappa shape index (κ3) is 4.03. The lowest BCUT2D eigenvalue weighted by Gasteiger charge is -2.10. The van der Waals surface area contributed by atoms with Crippen molar-refractivity contribution in [1.29, 1.82) is 0 Å². The van der Waals surface area contributed by atoms with Gasteiger partial charge in [0.05, 0.1) is 33.4 Å². The molecule has 0 aliphatic heterocycles. The Morgan fingerprint density at radius 2 is 1.67 bits per heavy atom. The molecule has 2 aromatic rings. The van der Waals surface area contributed by atoms with Crippen LogP contribution in [0, 0.1) is 0 Å². The molecule has 6 heteroatoms. The maximum absolute atomic E-state index is 11.3. The predicted octanol–water partition coefficient (Wildman–Crippen LogP) is 5.05. The number of methoxy groups -OCH3 is 1. The average molecular weight is 345 g/mol. The van der Waals surface area contributed by atoms with Crippen LogP contribution in [0.15, 0.2) is 36.4 Å². The van der Waals surface area contributed by atoms with Gasteiger partial charge in [-0.15, -0.1) is 0 Å². The fraction of sp³-hybridized carbons (Fsp3) is 0.133. The van der Waals surface area contributed by atoms with E-state index in [4.69, 9.17) is 34.8 Å². The van der Waals surface area contributed by atoms with Gasteiger partial charge in [-0.1, -0.05) is 46.9 Å². The van der Waals surface area contributed by atoms with Gasteiger partial charge in [-0.2, -0.15) is 0 Å². The van der Waals surface area contributed by atoms with E-state index >= 15 is 0 Å². The number of rotatable bonds is 4. The van der Waals surface area contributed by atoms with Crippen LogP contribution < -0.4 is 5.32 Å². The van der Waals surface area contributed by atoms with Gasteiger partial charge in [0.25, 0.3) is 0 Å². The van der Waals surface area contributed by atoms with Crippen LogP contribution >= 0.6 is 34.8 Å². The second-order valence-corrected chi connectivity index (χ2v) is 5.51. The number of carbonyl (C=O) groups excluding carboxylic acids is 1. The molecule has 0 aromatic heterocycles. The summed E-state index contributed by atoms with van der Waals surface area (Å²) >= 11 is 17.9. The Labute approximate surface area is 137 Å². The van der Waals surface area contributed by atoms with Crippen LogP contribution in [0.5, 0.6) is 0 Å². The van der Waals surface area contributed by atoms with Crippen LogP contribution in [0.2, 0.25) is 15.1 Å². The van der Waals surface area contributed by atoms with Gasteiger partial charge in [0.1, 0.15) is 0 Å². The molecule has 0 spiro atoms. The Bertz CT molecular complexity index is 657. The van der Waals surface area contributed by atoms with E-state index in [0.29, 0.717) is 32.9 Å². The molecule has 3 nitrogen and oxygen atoms in total. The number of ether oxygens (including phenoxy) is 1. The number of hydrogen-bond donors (Lipinski definition) is 1. The maximum Gasteiger partial charge on any atom is 0.337 e. The summed E-state index contributed by atoms with van der Waals surface area (Å²) in [6.45, 7) is 0.541. The smallest absolute Gasteiger partial charge is 0.337 e. The van der Waals surface area contributed by atoms with Crippen molar-refractivity contribution in [2.75, 3.05) is 12.4 Å². The highest BCUT2D eigenvalue weighted by molar-refractivity contribution is 6.44. The number of hydrogen-bond acceptors (Lipinski definition) is 3. The first-order valence-corrected chi connectivity index (χ1v) is 7.20. The molecule has 0 amide bonds. The normalized spacial score (nSPS) is 10.3. The molecular weight excluding hydrogens is 333 g/mol. The number of halogens is 3. The van der Waals surface area contributed by atoms with Crippen molar-refractivity contribution < 1.29 is 9.53 Å². The molecule has 2 rings (SSSR count). The Morgan fingerprint density at radius 3 is 2.29 bits per heavy atom. The first-order valence-electron chi connectivity index (χ1n) is 6.07. The van der Waals surface area contributed by atoms with E-state index in [1.165, 1.54) is 7.11 Å². The zero-order valence-electron chi connectivity index (χ0n) is 11.1. The van der Waals surface area contributed by atoms with E-state index < -0.39 is 0 Å². The highest BCUT2D eigenvalue weighted by atomic mass is 35.5. The Kier molecular flexibility index (Phi) is 5.34. The van der Waals surface area contributed by atoms with Crippen molar-refractivity contribution in [2.24, 2.45) is 0 Å². The fourth-order valence-electron chi connectivity index (χ4n) is 1.73. The van der Waals surface area contributed by atoms with Gasteiger partial charge in [0.2, 0.25) is 0 Å². The van der Waals surface area contributed by atoms with E-state index in [9.17, 15) is 4.79 Å². The van der Waals surface area contributed by atoms with Crippen LogP contribution in [0.4, 0.5) is 5.69 Å². The fourth-order valence-corrected chi connectivity index (χ4v) is 2.35. The number of nitrogens with one attached hydrogen (secondary N) is 1. The van der Waals surface area contributed by atoms with Crippen LogP contribution in [0.25, 0.3) is 0 Å². The van der Waals surface area contributed by atoms with Crippen molar-refractivity contribution in [1.82, 2.24) is 0 Å². The second kappa shape index (κ2) is 7.03. The van der Waals surface area contributed by atoms with Crippen LogP contribution in [-0.4, -0.2) is 13.1 Å². The summed E-state index contributed by atoms with van der Waals surface area (Å²) in [6.07, 6.45) is 0. The summed E-state index contributed by atoms with van der Waals surface area (Å²) < 4.78 is 4.65. The highest BCUT2D eigenvalue weighted by Crippen LogP contribution is 2.32. The molecule has 0 aliphatic rings. The highest BCUT2D eigenvalue weighted by Gasteiger charge is 2.07. The average Bonchev–Trinajstić information content (AvgIpc) is 2.49. The van der Waals surface area contributed by atoms with E-state index in [0.717, 1.165) is 5.56 Å². The van der Waals surface area contributed by atoms with Crippen molar-refractivity contribution >= 4 is 46.5 Å². The van der Waals surface area contributed by atoms with E-state index in [1.807, 2.05) is 12.1 Å². The zero-order chi connectivity index (χ0) is 15.4. The van der Waals surface area contributed by atoms with E-state index in [-0.39, 0.29) is 5.97 Å². The molecule has 21 heavy (non-hydrogen) atoms. The Balaban J connectivity index is 2.06. The lowest BCUT2D eigenvalue weighted by atomic mass is 10.1. The van der Waals surface area contributed by atoms with Gasteiger partial charge in [0.15, 0.2) is 0 Å². The largest absolute Gasteiger partial charge is 0.465 e. The van der Waals surface area contributed by atoms with Crippen molar-refractivity contribution in [2.45, 2.75) is 6.54 Å². The molecule has 0 bridgehead atoms. The molecule has 0 atom stereocenters. The number of esters is 1. The maximum atomic E-state index is 11.3. The van der Waals surface area contributed by atoms with Crippen molar-refractivity contribution in [3.63, 3.8) is 0 Å². The summed E-state index contributed by atoms with van der Waals surface area (Å²) in [4.78, 5) is 11.3. The lowest BCUT2D eigenvalue weighted by molar-refractivity contribution is 0.0600. The van der Waals surface area contributed by atoms with E-state index in [1.54, 1.807) is 24.3 Å². The van der Waals surface area contributed by atoms with Gasteiger partial charge in [-0.25, -0.2) is 4.79 Å². The minimum atomic E-state index is -0.359. The molecule has 1 N–H and O–H groups in total. The molecule has 110 valence electrons. The van der Waals surface area contributed by atoms with Crippen LogP contribution in [-0.2, 0) is 11.3 Å². The van der Waals surface area contributed by atoms with Gasteiger partial charge in [-0.3, -0.25) is 0 Å². The molecule has 0 fully saturated rings. The Morgan fingerprint density at radius 1 is 1.05 bits per heavy atom. The summed E-state index contributed by atoms with van der Waals surface area (Å²) in [6, 6.07) is 10.4. The monoisotopic (exact) mass is 343 g/mol. The standard InChI is InChI=1S/C15H12Cl3NO2/c1-21-15(20)10-4-2-9(3-5-10)8-19-14-7-12(17)11(16)6-13(14)18/h2-7,19H,8H2,1H3. The predicted molar refractivity (Wildman–Crippen MR) is 86.6 cm³/mol. The molecule has 0 saturated carbocycles. The lowest BCUT2D eigenvalue weighted by Crippen LogP contribution is -2.03. The van der Waals surface area contributed by atoms with Crippen LogP contribution in [0.1, 0.15) is 15.9 Å². The van der Waals surface area contributed by atoms with Gasteiger partial charge >= 0.3 is 5.97 Å². The molecule has 2 aromatic carbocycles. The minimum absolute atomic E-state index is 0.359. The van der Waals surface area contributed by atoms with Gasteiger partial charge in [0, 0.05) is 6.54 Å². The van der Waals surface area contributed by atoms with Crippen LogP contribution in [0.3, 0.4) is 0 Å². The van der Waals surface area contributed by atoms with Gasteiger partial charge < -0.3 is 10.1 Å². The zero-order valence-corrected chi connectivity index (χ0v) is 13.4. The summed E-state index contributed by atoms with van der Waals surface area (Å²) in [5, 5.41) is 4.51. The SMILES string of the molecule is COC(=O)c1ccc(CNc2cc(Cl)c(Cl)cc2Cl)cc1. The van der Waals surface area contributed by atoms with E-state index in [2.05, 4.69) is 10.1 Å². The molecule has 0 heterocycles. The molecule has 0 saturated heterocycles. The third-order valence-electron chi connectivity index (χ3n) is 2.87. The molecule has 0 aliphatic carbocycles. The number of benzene rings is 2. The van der Waals surface area contributed by atoms with Crippen molar-refractivity contribution in [3.8, 4) is 0 Å². The quantitative estimate of drug-likeness (QED) is 0.623. The minimum Gasteiger partial charge on any atom is -0.465 e. The van der Waals surface area contributed by atoms with Gasteiger partial charge in [-0.05, 0) is 29.8 Å². The topological polar surface area (TPSA) is 38.3 Å². The first-order chi connectivity index (χ1) is 10.0. The number of anilines is 1. The molecule has 0 radical (unpaired) electrons. The summed E-state index contributed by atoms with van der Waals surface area (Å²) in [7, 11) is 1.35. The first kappa shape index (κ1) is 16.0. The molecular formula is C15H12Cl3NO2. The third-order valence-corrected chi connectivity index (χ3v) is 3.90. The summed E-state index contributed by atoms with van der Waals surface area (Å²) in [5.41, 5.74) is 2.20. The second-order valence-electron chi connectivity index (χ2n) is 4.29. The van der Waals surface area contributed by atoms with Crippen molar-refractivity contribution in [3.05, 3.63) is 62.6 Å². The Hall–Kier alpha value is -1.42. The molecule has 0 unspecified atom stereocenters. The summed E-state index contributed by atoms with van der Waals surface area (Å²) in [5.74, 6) is -0.359. The number of carbonyl (C=O) groups is 1.